The van der Waals surface area contributed by atoms with Gasteiger partial charge in [0.1, 0.15) is 0 Å². The third-order valence-electron chi connectivity index (χ3n) is 9.71. The minimum absolute atomic E-state index is 0.0113. The molecular weight excluding hydrogens is 789 g/mol. The number of alkyl halides is 1. The summed E-state index contributed by atoms with van der Waals surface area (Å²) in [4.78, 5) is 39.5. The van der Waals surface area contributed by atoms with Gasteiger partial charge in [-0.15, -0.1) is 22.7 Å². The molecule has 2 aromatic carbocycles. The first-order chi connectivity index (χ1) is 26.9. The Morgan fingerprint density at radius 3 is 1.64 bits per heavy atom. The molecule has 6 aromatic rings. The number of likely N-dealkylation sites (tertiary alicyclic amines) is 1. The lowest BCUT2D eigenvalue weighted by Crippen LogP contribution is -2.37. The largest absolute Gasteiger partial charge is 0.351 e. The summed E-state index contributed by atoms with van der Waals surface area (Å²) >= 11 is 6.60. The number of aromatic nitrogens is 2. The first kappa shape index (κ1) is 40.7. The number of hydrogen-bond acceptors (Lipinski definition) is 8. The summed E-state index contributed by atoms with van der Waals surface area (Å²) in [5.41, 5.74) is 7.07. The number of rotatable bonds is 9. The number of fused-ring (bicyclic) bond motifs is 2. The summed E-state index contributed by atoms with van der Waals surface area (Å²) in [6.45, 7) is 11.1. The molecule has 8 rings (SSSR count). The number of nitrogens with zero attached hydrogens (tertiary/aromatic N) is 3. The normalized spacial score (nSPS) is 14.4. The molecule has 3 N–H and O–H groups in total. The SMILES string of the molecule is C1CCNCC1.Cc1ccc2nc(-c3cccs3)cc(C(=O)NCCBr)c2c1.Cc1ccc2nc(-c3cccs3)cc(C(=O)NCCN3CCCCC3)c2c1. The summed E-state index contributed by atoms with van der Waals surface area (Å²) in [5, 5.41) is 15.9. The number of piperidine rings is 2. The van der Waals surface area contributed by atoms with Crippen molar-refractivity contribution < 1.29 is 9.59 Å². The van der Waals surface area contributed by atoms with Gasteiger partial charge in [-0.3, -0.25) is 9.59 Å². The van der Waals surface area contributed by atoms with Crippen LogP contribution in [0.25, 0.3) is 42.9 Å². The number of benzene rings is 2. The molecule has 0 radical (unpaired) electrons. The lowest BCUT2D eigenvalue weighted by atomic mass is 10.0. The van der Waals surface area contributed by atoms with Crippen LogP contribution in [0.5, 0.6) is 0 Å². The third-order valence-corrected chi connectivity index (χ3v) is 11.9. The molecule has 11 heteroatoms. The van der Waals surface area contributed by atoms with Crippen LogP contribution in [0.2, 0.25) is 0 Å². The summed E-state index contributed by atoms with van der Waals surface area (Å²) in [7, 11) is 0. The van der Waals surface area contributed by atoms with E-state index < -0.39 is 0 Å². The maximum absolute atomic E-state index is 13.0. The average molecular weight is 840 g/mol. The van der Waals surface area contributed by atoms with E-state index in [4.69, 9.17) is 9.97 Å². The number of carbonyl (C=O) groups excluding carboxylic acids is 2. The van der Waals surface area contributed by atoms with Gasteiger partial charge >= 0.3 is 0 Å². The second-order valence-corrected chi connectivity index (χ2v) is 16.7. The van der Waals surface area contributed by atoms with Gasteiger partial charge < -0.3 is 20.9 Å². The maximum atomic E-state index is 13.0. The van der Waals surface area contributed by atoms with E-state index in [2.05, 4.69) is 42.8 Å². The van der Waals surface area contributed by atoms with Crippen molar-refractivity contribution in [2.75, 3.05) is 51.1 Å². The zero-order chi connectivity index (χ0) is 38.4. The van der Waals surface area contributed by atoms with E-state index in [0.29, 0.717) is 24.2 Å². The first-order valence-corrected chi connectivity index (χ1v) is 22.2. The van der Waals surface area contributed by atoms with Crippen molar-refractivity contribution in [2.24, 2.45) is 0 Å². The molecule has 0 unspecified atom stereocenters. The van der Waals surface area contributed by atoms with Gasteiger partial charge in [0, 0.05) is 35.7 Å². The van der Waals surface area contributed by atoms with Crippen molar-refractivity contribution in [3.63, 3.8) is 0 Å². The van der Waals surface area contributed by atoms with E-state index in [1.54, 1.807) is 22.7 Å². The smallest absolute Gasteiger partial charge is 0.252 e. The van der Waals surface area contributed by atoms with Gasteiger partial charge in [-0.1, -0.05) is 64.2 Å². The molecule has 2 amide bonds. The number of nitrogens with one attached hydrogen (secondary N) is 3. The van der Waals surface area contributed by atoms with Crippen LogP contribution in [0.15, 0.2) is 83.6 Å². The van der Waals surface area contributed by atoms with Crippen molar-refractivity contribution in [1.29, 1.82) is 0 Å². The van der Waals surface area contributed by atoms with Crippen LogP contribution in [0, 0.1) is 13.8 Å². The Kier molecular flexibility index (Phi) is 15.4. The monoisotopic (exact) mass is 838 g/mol. The van der Waals surface area contributed by atoms with Crippen molar-refractivity contribution in [3.05, 3.63) is 106 Å². The van der Waals surface area contributed by atoms with E-state index >= 15 is 0 Å². The molecule has 2 fully saturated rings. The molecule has 8 nitrogen and oxygen atoms in total. The molecule has 2 aliphatic rings. The highest BCUT2D eigenvalue weighted by atomic mass is 79.9. The number of pyridine rings is 2. The fourth-order valence-electron chi connectivity index (χ4n) is 6.82. The highest BCUT2D eigenvalue weighted by Crippen LogP contribution is 2.30. The van der Waals surface area contributed by atoms with Crippen molar-refractivity contribution in [1.82, 2.24) is 30.8 Å². The number of aryl methyl sites for hydroxylation is 2. The molecular formula is C44H51BrN6O2S2. The maximum Gasteiger partial charge on any atom is 0.252 e. The quantitative estimate of drug-likeness (QED) is 0.126. The molecule has 0 spiro atoms. The molecule has 55 heavy (non-hydrogen) atoms. The highest BCUT2D eigenvalue weighted by Gasteiger charge is 2.17. The fourth-order valence-corrected chi connectivity index (χ4v) is 8.39. The van der Waals surface area contributed by atoms with Crippen LogP contribution >= 0.6 is 38.6 Å². The predicted octanol–water partition coefficient (Wildman–Crippen LogP) is 9.64. The molecule has 4 aromatic heterocycles. The van der Waals surface area contributed by atoms with E-state index in [9.17, 15) is 9.59 Å². The van der Waals surface area contributed by atoms with E-state index in [-0.39, 0.29) is 11.8 Å². The molecule has 6 heterocycles. The highest BCUT2D eigenvalue weighted by molar-refractivity contribution is 9.09. The van der Waals surface area contributed by atoms with Crippen LogP contribution in [-0.2, 0) is 0 Å². The van der Waals surface area contributed by atoms with E-state index in [1.807, 2.05) is 91.3 Å². The van der Waals surface area contributed by atoms with Crippen molar-refractivity contribution in [3.8, 4) is 21.1 Å². The molecule has 2 saturated heterocycles. The van der Waals surface area contributed by atoms with Gasteiger partial charge in [-0.25, -0.2) is 9.97 Å². The first-order valence-electron chi connectivity index (χ1n) is 19.4. The number of thiophene rings is 2. The Morgan fingerprint density at radius 2 is 1.20 bits per heavy atom. The fraction of sp³-hybridized carbons (Fsp3) is 0.364. The summed E-state index contributed by atoms with van der Waals surface area (Å²) < 4.78 is 0. The zero-order valence-electron chi connectivity index (χ0n) is 31.8. The number of carbonyl (C=O) groups is 2. The summed E-state index contributed by atoms with van der Waals surface area (Å²) in [6, 6.07) is 24.0. The van der Waals surface area contributed by atoms with Crippen LogP contribution in [0.1, 0.15) is 70.4 Å². The van der Waals surface area contributed by atoms with Crippen molar-refractivity contribution >= 4 is 72.2 Å². The standard InChI is InChI=1S/C22H25N3OS.C17H15BrN2OS.C5H11N/c1-16-7-8-19-17(14-16)18(15-20(24-19)21-6-5-13-27-21)22(26)23-9-12-25-10-3-2-4-11-25;1-11-4-5-14-12(9-11)13(17(21)19-7-6-18)10-15(20-14)16-3-2-8-22-16;1-2-4-6-5-3-1/h5-8,13-15H,2-4,9-12H2,1H3,(H,23,26);2-5,8-10H,6-7H2,1H3,(H,19,21);6H,1-5H2. The second kappa shape index (κ2) is 20.8. The van der Waals surface area contributed by atoms with Gasteiger partial charge in [0.05, 0.1) is 43.3 Å². The minimum Gasteiger partial charge on any atom is -0.351 e. The number of amides is 2. The molecule has 0 bridgehead atoms. The van der Waals surface area contributed by atoms with Crippen LogP contribution in [0.3, 0.4) is 0 Å². The Morgan fingerprint density at radius 1 is 0.691 bits per heavy atom. The summed E-state index contributed by atoms with van der Waals surface area (Å²) in [5.74, 6) is -0.0712. The lowest BCUT2D eigenvalue weighted by molar-refractivity contribution is 0.0943. The molecule has 2 aliphatic heterocycles. The number of hydrogen-bond donors (Lipinski definition) is 3. The van der Waals surface area contributed by atoms with Crippen LogP contribution in [0.4, 0.5) is 0 Å². The van der Waals surface area contributed by atoms with Gasteiger partial charge in [-0.2, -0.15) is 0 Å². The van der Waals surface area contributed by atoms with E-state index in [1.165, 1.54) is 51.6 Å². The molecule has 0 saturated carbocycles. The molecule has 288 valence electrons. The predicted molar refractivity (Wildman–Crippen MR) is 235 cm³/mol. The van der Waals surface area contributed by atoms with Crippen molar-refractivity contribution in [2.45, 2.75) is 52.4 Å². The van der Waals surface area contributed by atoms with Gasteiger partial charge in [0.15, 0.2) is 0 Å². The topological polar surface area (TPSA) is 99.2 Å². The lowest BCUT2D eigenvalue weighted by Gasteiger charge is -2.26. The second-order valence-electron chi connectivity index (χ2n) is 14.0. The Labute approximate surface area is 341 Å². The minimum atomic E-state index is -0.0599. The third kappa shape index (κ3) is 11.5. The molecule has 0 aliphatic carbocycles. The van der Waals surface area contributed by atoms with Gasteiger partial charge in [0.2, 0.25) is 0 Å². The Balaban J connectivity index is 0.000000165. The van der Waals surface area contributed by atoms with E-state index in [0.717, 1.165) is 79.0 Å². The molecule has 0 atom stereocenters. The Bertz CT molecular complexity index is 2130. The van der Waals surface area contributed by atoms with Crippen LogP contribution < -0.4 is 16.0 Å². The number of halogens is 1. The average Bonchev–Trinajstić information content (AvgIpc) is 3.97. The van der Waals surface area contributed by atoms with Gasteiger partial charge in [0.25, 0.3) is 11.8 Å². The Hall–Kier alpha value is -4.00. The van der Waals surface area contributed by atoms with Gasteiger partial charge in [-0.05, 0) is 125 Å². The summed E-state index contributed by atoms with van der Waals surface area (Å²) in [6.07, 6.45) is 8.09. The zero-order valence-corrected chi connectivity index (χ0v) is 35.1. The van der Waals surface area contributed by atoms with Crippen LogP contribution in [-0.4, -0.2) is 77.8 Å².